The van der Waals surface area contributed by atoms with Crippen molar-refractivity contribution in [3.8, 4) is 16.9 Å². The minimum atomic E-state index is -4.90. The molecule has 3 rings (SSSR count). The Morgan fingerprint density at radius 1 is 1.12 bits per heavy atom. The quantitative estimate of drug-likeness (QED) is 0.925. The van der Waals surface area contributed by atoms with Crippen LogP contribution in [0, 0.1) is 0 Å². The van der Waals surface area contributed by atoms with Gasteiger partial charge in [0, 0.05) is 25.2 Å². The molecule has 2 aromatic carbocycles. The predicted octanol–water partition coefficient (Wildman–Crippen LogP) is 2.93. The fourth-order valence-corrected chi connectivity index (χ4v) is 2.91. The lowest BCUT2D eigenvalue weighted by atomic mass is 9.91. The number of alkyl halides is 3. The third kappa shape index (κ3) is 2.64. The van der Waals surface area contributed by atoms with E-state index in [1.165, 1.54) is 35.2 Å². The minimum Gasteiger partial charge on any atom is -0.484 e. The van der Waals surface area contributed by atoms with Crippen molar-refractivity contribution in [1.82, 2.24) is 4.90 Å². The number of nitrogens with zero attached hydrogens (tertiary/aromatic N) is 1. The Morgan fingerprint density at radius 3 is 2.40 bits per heavy atom. The maximum Gasteiger partial charge on any atom is 0.425 e. The van der Waals surface area contributed by atoms with E-state index in [1.54, 1.807) is 20.2 Å². The molecule has 0 fully saturated rings. The zero-order chi connectivity index (χ0) is 18.4. The van der Waals surface area contributed by atoms with Crippen molar-refractivity contribution in [2.24, 2.45) is 0 Å². The average molecular weight is 351 g/mol. The second-order valence-corrected chi connectivity index (χ2v) is 6.04. The average Bonchev–Trinajstić information content (AvgIpc) is 2.83. The van der Waals surface area contributed by atoms with Crippen LogP contribution in [0.2, 0.25) is 0 Å². The van der Waals surface area contributed by atoms with Crippen LogP contribution in [-0.2, 0) is 10.4 Å². The summed E-state index contributed by atoms with van der Waals surface area (Å²) < 4.78 is 46.4. The summed E-state index contributed by atoms with van der Waals surface area (Å²) in [5, 5.41) is 10.6. The van der Waals surface area contributed by atoms with E-state index in [9.17, 15) is 23.1 Å². The van der Waals surface area contributed by atoms with Crippen LogP contribution in [-0.4, -0.2) is 42.8 Å². The van der Waals surface area contributed by atoms with Crippen molar-refractivity contribution >= 4 is 5.91 Å². The molecule has 0 radical (unpaired) electrons. The van der Waals surface area contributed by atoms with E-state index in [-0.39, 0.29) is 29.4 Å². The highest BCUT2D eigenvalue weighted by atomic mass is 19.4. The van der Waals surface area contributed by atoms with E-state index >= 15 is 0 Å². The van der Waals surface area contributed by atoms with Crippen LogP contribution in [0.15, 0.2) is 42.5 Å². The van der Waals surface area contributed by atoms with Crippen LogP contribution in [0.25, 0.3) is 11.1 Å². The minimum absolute atomic E-state index is 0.0874. The first-order valence-corrected chi connectivity index (χ1v) is 7.52. The van der Waals surface area contributed by atoms with Crippen molar-refractivity contribution in [2.75, 3.05) is 20.7 Å². The molecule has 2 aromatic rings. The van der Waals surface area contributed by atoms with Gasteiger partial charge >= 0.3 is 6.18 Å². The van der Waals surface area contributed by atoms with Crippen LogP contribution in [0.1, 0.15) is 11.1 Å². The molecule has 4 nitrogen and oxygen atoms in total. The molecule has 0 spiro atoms. The maximum atomic E-state index is 13.7. The molecule has 0 heterocycles. The number of benzene rings is 2. The van der Waals surface area contributed by atoms with E-state index in [0.717, 1.165) is 6.07 Å². The van der Waals surface area contributed by atoms with Crippen LogP contribution in [0.3, 0.4) is 0 Å². The maximum absolute atomic E-state index is 13.7. The molecule has 1 atom stereocenters. The summed E-state index contributed by atoms with van der Waals surface area (Å²) in [6.45, 7) is -0.302. The topological polar surface area (TPSA) is 49.8 Å². The zero-order valence-corrected chi connectivity index (χ0v) is 13.6. The Balaban J connectivity index is 2.05. The van der Waals surface area contributed by atoms with Gasteiger partial charge in [0.2, 0.25) is 5.60 Å². The van der Waals surface area contributed by atoms with E-state index in [2.05, 4.69) is 0 Å². The number of halogens is 3. The zero-order valence-electron chi connectivity index (χ0n) is 13.6. The first-order valence-electron chi connectivity index (χ1n) is 7.52. The normalized spacial score (nSPS) is 18.5. The van der Waals surface area contributed by atoms with E-state index in [1.807, 2.05) is 0 Å². The summed E-state index contributed by atoms with van der Waals surface area (Å²) >= 11 is 0. The summed E-state index contributed by atoms with van der Waals surface area (Å²) in [4.78, 5) is 12.9. The summed E-state index contributed by atoms with van der Waals surface area (Å²) in [5.74, 6) is -0.237. The lowest BCUT2D eigenvalue weighted by Gasteiger charge is -2.28. The fourth-order valence-electron chi connectivity index (χ4n) is 2.91. The van der Waals surface area contributed by atoms with Gasteiger partial charge in [-0.25, -0.2) is 0 Å². The van der Waals surface area contributed by atoms with Crippen LogP contribution in [0.5, 0.6) is 5.75 Å². The number of ether oxygens (including phenoxy) is 1. The molecule has 0 saturated carbocycles. The molecule has 1 N–H and O–H groups in total. The van der Waals surface area contributed by atoms with Gasteiger partial charge in [-0.15, -0.1) is 0 Å². The van der Waals surface area contributed by atoms with Gasteiger partial charge in [-0.05, 0) is 23.3 Å². The predicted molar refractivity (Wildman–Crippen MR) is 85.1 cm³/mol. The summed E-state index contributed by atoms with van der Waals surface area (Å²) in [6.07, 6.45) is -4.90. The van der Waals surface area contributed by atoms with Crippen molar-refractivity contribution in [3.05, 3.63) is 53.6 Å². The second kappa shape index (κ2) is 5.77. The Labute approximate surface area is 142 Å². The molecule has 132 valence electrons. The lowest BCUT2D eigenvalue weighted by Crippen LogP contribution is -2.41. The molecular formula is C18H16F3NO3. The van der Waals surface area contributed by atoms with Gasteiger partial charge in [0.05, 0.1) is 0 Å². The highest BCUT2D eigenvalue weighted by molar-refractivity contribution is 5.81. The first kappa shape index (κ1) is 17.3. The fraction of sp³-hybridized carbons (Fsp3) is 0.278. The smallest absolute Gasteiger partial charge is 0.425 e. The number of fused-ring (bicyclic) bond motifs is 3. The molecule has 0 aliphatic heterocycles. The number of aliphatic hydroxyl groups is 1. The number of hydrogen-bond donors (Lipinski definition) is 1. The standard InChI is InChI=1S/C18H16F3NO3/c1-22(2)16(23)10-25-11-7-8-13-12-5-3-4-6-14(12)17(24,15(13)9-11)18(19,20)21/h3-9,24H,10H2,1-2H3. The molecule has 1 aliphatic carbocycles. The molecule has 0 aromatic heterocycles. The molecule has 25 heavy (non-hydrogen) atoms. The summed E-state index contributed by atoms with van der Waals surface area (Å²) in [5.41, 5.74) is -2.99. The highest BCUT2D eigenvalue weighted by Gasteiger charge is 2.60. The Bertz CT molecular complexity index is 833. The van der Waals surface area contributed by atoms with Crippen molar-refractivity contribution < 1.29 is 27.8 Å². The van der Waals surface area contributed by atoms with E-state index in [4.69, 9.17) is 4.74 Å². The number of likely N-dealkylation sites (N-methyl/N-ethyl adjacent to an activating group) is 1. The third-order valence-electron chi connectivity index (χ3n) is 4.26. The third-order valence-corrected chi connectivity index (χ3v) is 4.26. The van der Waals surface area contributed by atoms with Crippen molar-refractivity contribution in [3.63, 3.8) is 0 Å². The van der Waals surface area contributed by atoms with Crippen LogP contribution >= 0.6 is 0 Å². The molecule has 1 amide bonds. The lowest BCUT2D eigenvalue weighted by molar-refractivity contribution is -0.246. The second-order valence-electron chi connectivity index (χ2n) is 6.04. The number of hydrogen-bond acceptors (Lipinski definition) is 3. The largest absolute Gasteiger partial charge is 0.484 e. The SMILES string of the molecule is CN(C)C(=O)COc1ccc2c(c1)C(O)(C(F)(F)F)c1ccccc1-2. The number of rotatable bonds is 3. The summed E-state index contributed by atoms with van der Waals surface area (Å²) in [7, 11) is 3.10. The Hall–Kier alpha value is -2.54. The first-order chi connectivity index (χ1) is 11.7. The van der Waals surface area contributed by atoms with Crippen LogP contribution in [0.4, 0.5) is 13.2 Å². The molecular weight excluding hydrogens is 335 g/mol. The van der Waals surface area contributed by atoms with Gasteiger partial charge in [-0.1, -0.05) is 30.3 Å². The van der Waals surface area contributed by atoms with Crippen LogP contribution < -0.4 is 4.74 Å². The van der Waals surface area contributed by atoms with Crippen molar-refractivity contribution in [2.45, 2.75) is 11.8 Å². The van der Waals surface area contributed by atoms with E-state index in [0.29, 0.717) is 11.1 Å². The van der Waals surface area contributed by atoms with E-state index < -0.39 is 11.8 Å². The van der Waals surface area contributed by atoms with Gasteiger partial charge in [-0.2, -0.15) is 13.2 Å². The van der Waals surface area contributed by atoms with Crippen molar-refractivity contribution in [1.29, 1.82) is 0 Å². The summed E-state index contributed by atoms with van der Waals surface area (Å²) in [6, 6.07) is 9.96. The van der Waals surface area contributed by atoms with Gasteiger partial charge in [0.25, 0.3) is 5.91 Å². The molecule has 1 unspecified atom stereocenters. The molecule has 7 heteroatoms. The Kier molecular flexibility index (Phi) is 3.99. The van der Waals surface area contributed by atoms with Gasteiger partial charge < -0.3 is 14.7 Å². The number of carbonyl (C=O) groups is 1. The van der Waals surface area contributed by atoms with Gasteiger partial charge in [0.1, 0.15) is 5.75 Å². The Morgan fingerprint density at radius 2 is 1.76 bits per heavy atom. The van der Waals surface area contributed by atoms with Gasteiger partial charge in [0.15, 0.2) is 6.61 Å². The van der Waals surface area contributed by atoms with Gasteiger partial charge in [-0.3, -0.25) is 4.79 Å². The molecule has 1 aliphatic rings. The highest BCUT2D eigenvalue weighted by Crippen LogP contribution is 2.55. The molecule has 0 saturated heterocycles. The monoisotopic (exact) mass is 351 g/mol. The number of carbonyl (C=O) groups excluding carboxylic acids is 1. The number of amides is 1. The molecule has 0 bridgehead atoms.